The lowest BCUT2D eigenvalue weighted by Crippen LogP contribution is -2.35. The summed E-state index contributed by atoms with van der Waals surface area (Å²) in [7, 11) is 0. The van der Waals surface area contributed by atoms with Crippen LogP contribution < -0.4 is 0 Å². The van der Waals surface area contributed by atoms with Crippen molar-refractivity contribution < 1.29 is 4.79 Å². The van der Waals surface area contributed by atoms with Gasteiger partial charge in [0, 0.05) is 43.4 Å². The van der Waals surface area contributed by atoms with Crippen molar-refractivity contribution in [1.29, 1.82) is 0 Å². The van der Waals surface area contributed by atoms with Crippen molar-refractivity contribution in [2.45, 2.75) is 39.7 Å². The average Bonchev–Trinajstić information content (AvgIpc) is 2.84. The largest absolute Gasteiger partial charge is 0.344 e. The Hall–Kier alpha value is -2.10. The summed E-state index contributed by atoms with van der Waals surface area (Å²) >= 11 is 0. The van der Waals surface area contributed by atoms with E-state index in [0.717, 1.165) is 49.4 Å². The summed E-state index contributed by atoms with van der Waals surface area (Å²) in [5.74, 6) is 0.189. The summed E-state index contributed by atoms with van der Waals surface area (Å²) in [5.41, 5.74) is 4.25. The zero-order valence-electron chi connectivity index (χ0n) is 13.4. The van der Waals surface area contributed by atoms with Gasteiger partial charge in [-0.1, -0.05) is 0 Å². The molecule has 22 heavy (non-hydrogen) atoms. The molecule has 1 amide bonds. The van der Waals surface area contributed by atoms with Gasteiger partial charge in [-0.05, 0) is 56.9 Å². The Morgan fingerprint density at radius 3 is 2.50 bits per heavy atom. The molecular formula is C18H23N3O. The second kappa shape index (κ2) is 6.34. The molecule has 0 unspecified atom stereocenters. The first-order valence-corrected chi connectivity index (χ1v) is 8.01. The van der Waals surface area contributed by atoms with Crippen LogP contribution in [0.4, 0.5) is 0 Å². The van der Waals surface area contributed by atoms with Crippen LogP contribution in [0.1, 0.15) is 46.6 Å². The Bertz CT molecular complexity index is 654. The summed E-state index contributed by atoms with van der Waals surface area (Å²) in [6, 6.07) is 6.07. The fourth-order valence-corrected chi connectivity index (χ4v) is 3.20. The van der Waals surface area contributed by atoms with E-state index in [-0.39, 0.29) is 5.91 Å². The third-order valence-corrected chi connectivity index (χ3v) is 4.54. The van der Waals surface area contributed by atoms with Crippen LogP contribution >= 0.6 is 0 Å². The van der Waals surface area contributed by atoms with E-state index in [0.29, 0.717) is 0 Å². The highest BCUT2D eigenvalue weighted by atomic mass is 16.2. The van der Waals surface area contributed by atoms with Gasteiger partial charge in [0.25, 0.3) is 5.91 Å². The number of hydrogen-bond donors (Lipinski definition) is 0. The predicted octanol–water partition coefficient (Wildman–Crippen LogP) is 3.17. The van der Waals surface area contributed by atoms with Gasteiger partial charge in [-0.3, -0.25) is 9.78 Å². The van der Waals surface area contributed by atoms with Gasteiger partial charge >= 0.3 is 0 Å². The monoisotopic (exact) mass is 297 g/mol. The summed E-state index contributed by atoms with van der Waals surface area (Å²) < 4.78 is 2.21. The maximum absolute atomic E-state index is 12.7. The molecule has 4 nitrogen and oxygen atoms in total. The maximum Gasteiger partial charge on any atom is 0.255 e. The molecule has 116 valence electrons. The van der Waals surface area contributed by atoms with Crippen LogP contribution in [0, 0.1) is 13.8 Å². The smallest absolute Gasteiger partial charge is 0.255 e. The van der Waals surface area contributed by atoms with E-state index in [4.69, 9.17) is 0 Å². The lowest BCUT2D eigenvalue weighted by molar-refractivity contribution is 0.0723. The van der Waals surface area contributed by atoms with E-state index in [1.807, 2.05) is 42.4 Å². The number of hydrogen-bond acceptors (Lipinski definition) is 2. The van der Waals surface area contributed by atoms with Gasteiger partial charge in [-0.15, -0.1) is 0 Å². The molecule has 0 saturated carbocycles. The SMILES string of the molecule is Cc1cc(C(=O)N2CCCCC2)c(C)n1Cc1ccncc1. The molecule has 0 atom stereocenters. The number of rotatable bonds is 3. The van der Waals surface area contributed by atoms with Crippen molar-refractivity contribution in [2.75, 3.05) is 13.1 Å². The third-order valence-electron chi connectivity index (χ3n) is 4.54. The maximum atomic E-state index is 12.7. The molecule has 3 heterocycles. The topological polar surface area (TPSA) is 38.1 Å². The fraction of sp³-hybridized carbons (Fsp3) is 0.444. The molecule has 4 heteroatoms. The molecule has 0 bridgehead atoms. The molecule has 1 saturated heterocycles. The van der Waals surface area contributed by atoms with Gasteiger partial charge in [-0.2, -0.15) is 0 Å². The summed E-state index contributed by atoms with van der Waals surface area (Å²) in [6.45, 7) is 6.69. The van der Waals surface area contributed by atoms with Crippen LogP contribution in [0.2, 0.25) is 0 Å². The first kappa shape index (κ1) is 14.8. The lowest BCUT2D eigenvalue weighted by atomic mass is 10.1. The molecule has 2 aromatic heterocycles. The summed E-state index contributed by atoms with van der Waals surface area (Å²) in [5, 5.41) is 0. The normalized spacial score (nSPS) is 15.1. The molecule has 0 spiro atoms. The molecule has 0 radical (unpaired) electrons. The average molecular weight is 297 g/mol. The summed E-state index contributed by atoms with van der Waals surface area (Å²) in [4.78, 5) is 18.8. The van der Waals surface area contributed by atoms with Crippen LogP contribution in [0.5, 0.6) is 0 Å². The lowest BCUT2D eigenvalue weighted by Gasteiger charge is -2.26. The zero-order chi connectivity index (χ0) is 15.5. The Kier molecular flexibility index (Phi) is 4.27. The second-order valence-corrected chi connectivity index (χ2v) is 6.08. The van der Waals surface area contributed by atoms with Crippen LogP contribution in [0.15, 0.2) is 30.6 Å². The fourth-order valence-electron chi connectivity index (χ4n) is 3.20. The first-order chi connectivity index (χ1) is 10.7. The van der Waals surface area contributed by atoms with Crippen molar-refractivity contribution in [3.63, 3.8) is 0 Å². The van der Waals surface area contributed by atoms with E-state index < -0.39 is 0 Å². The van der Waals surface area contributed by atoms with Gasteiger partial charge in [0.1, 0.15) is 0 Å². The van der Waals surface area contributed by atoms with Crippen LogP contribution in [0.25, 0.3) is 0 Å². The van der Waals surface area contributed by atoms with Crippen molar-refractivity contribution in [3.8, 4) is 0 Å². The Morgan fingerprint density at radius 2 is 1.82 bits per heavy atom. The zero-order valence-corrected chi connectivity index (χ0v) is 13.4. The van der Waals surface area contributed by atoms with Gasteiger partial charge in [-0.25, -0.2) is 0 Å². The number of likely N-dealkylation sites (tertiary alicyclic amines) is 1. The number of nitrogens with zero attached hydrogens (tertiary/aromatic N) is 3. The van der Waals surface area contributed by atoms with Crippen molar-refractivity contribution >= 4 is 5.91 Å². The Balaban J connectivity index is 1.84. The van der Waals surface area contributed by atoms with E-state index >= 15 is 0 Å². The van der Waals surface area contributed by atoms with E-state index in [9.17, 15) is 4.79 Å². The number of pyridine rings is 1. The molecular weight excluding hydrogens is 274 g/mol. The minimum atomic E-state index is 0.189. The number of carbonyl (C=O) groups excluding carboxylic acids is 1. The molecule has 3 rings (SSSR count). The molecule has 2 aromatic rings. The number of carbonyl (C=O) groups is 1. The highest BCUT2D eigenvalue weighted by molar-refractivity contribution is 5.95. The van der Waals surface area contributed by atoms with Crippen molar-refractivity contribution in [2.24, 2.45) is 0 Å². The molecule has 0 aliphatic carbocycles. The van der Waals surface area contributed by atoms with E-state index in [1.165, 1.54) is 12.0 Å². The second-order valence-electron chi connectivity index (χ2n) is 6.08. The van der Waals surface area contributed by atoms with E-state index in [1.54, 1.807) is 0 Å². The van der Waals surface area contributed by atoms with Gasteiger partial charge in [0.05, 0.1) is 5.56 Å². The highest BCUT2D eigenvalue weighted by Gasteiger charge is 2.22. The summed E-state index contributed by atoms with van der Waals surface area (Å²) in [6.07, 6.45) is 7.11. The molecule has 1 aliphatic heterocycles. The van der Waals surface area contributed by atoms with Gasteiger partial charge < -0.3 is 9.47 Å². The van der Waals surface area contributed by atoms with E-state index in [2.05, 4.69) is 16.5 Å². The Morgan fingerprint density at radius 1 is 1.14 bits per heavy atom. The van der Waals surface area contributed by atoms with Gasteiger partial charge in [0.15, 0.2) is 0 Å². The molecule has 0 N–H and O–H groups in total. The standard InChI is InChI=1S/C18H23N3O/c1-14-12-17(18(22)20-10-4-3-5-11-20)15(2)21(14)13-16-6-8-19-9-7-16/h6-9,12H,3-5,10-11,13H2,1-2H3. The van der Waals surface area contributed by atoms with Crippen LogP contribution in [0.3, 0.4) is 0 Å². The first-order valence-electron chi connectivity index (χ1n) is 8.01. The van der Waals surface area contributed by atoms with Crippen molar-refractivity contribution in [3.05, 3.63) is 53.1 Å². The predicted molar refractivity (Wildman–Crippen MR) is 87.0 cm³/mol. The van der Waals surface area contributed by atoms with Crippen molar-refractivity contribution in [1.82, 2.24) is 14.5 Å². The minimum absolute atomic E-state index is 0.189. The van der Waals surface area contributed by atoms with Crippen LogP contribution in [-0.4, -0.2) is 33.4 Å². The third kappa shape index (κ3) is 2.91. The number of aromatic nitrogens is 2. The molecule has 0 aromatic carbocycles. The van der Waals surface area contributed by atoms with Crippen LogP contribution in [-0.2, 0) is 6.54 Å². The number of aryl methyl sites for hydroxylation is 1. The quantitative estimate of drug-likeness (QED) is 0.872. The number of piperidine rings is 1. The number of amides is 1. The Labute approximate surface area is 131 Å². The highest BCUT2D eigenvalue weighted by Crippen LogP contribution is 2.20. The van der Waals surface area contributed by atoms with Gasteiger partial charge in [0.2, 0.25) is 0 Å². The molecule has 1 fully saturated rings. The minimum Gasteiger partial charge on any atom is -0.344 e. The molecule has 1 aliphatic rings.